The van der Waals surface area contributed by atoms with E-state index < -0.39 is 47.2 Å². The molecule has 0 N–H and O–H groups in total. The SMILES string of the molecule is C=C(F)/C=C\C(=C/C)SN(C)C(=O)C1CCCCN1c1cc(C(F)(F)F)cc(C(F)(F)F)n1. The van der Waals surface area contributed by atoms with Crippen molar-refractivity contribution in [1.82, 2.24) is 9.29 Å². The molecule has 0 saturated carbocycles. The lowest BCUT2D eigenvalue weighted by atomic mass is 10.0. The summed E-state index contributed by atoms with van der Waals surface area (Å²) in [4.78, 5) is 18.2. The van der Waals surface area contributed by atoms with E-state index in [9.17, 15) is 35.5 Å². The number of piperidine rings is 1. The number of hydrogen-bond donors (Lipinski definition) is 0. The van der Waals surface area contributed by atoms with Crippen molar-refractivity contribution in [3.05, 3.63) is 58.9 Å². The van der Waals surface area contributed by atoms with Crippen LogP contribution in [0.4, 0.5) is 36.6 Å². The Labute approximate surface area is 191 Å². The number of rotatable bonds is 6. The molecule has 1 aliphatic heterocycles. The lowest BCUT2D eigenvalue weighted by Crippen LogP contribution is -2.49. The summed E-state index contributed by atoms with van der Waals surface area (Å²) in [5.41, 5.74) is -3.17. The van der Waals surface area contributed by atoms with Gasteiger partial charge in [-0.1, -0.05) is 12.7 Å². The van der Waals surface area contributed by atoms with Crippen molar-refractivity contribution >= 4 is 23.7 Å². The maximum absolute atomic E-state index is 13.3. The maximum Gasteiger partial charge on any atom is 0.433 e. The second kappa shape index (κ2) is 10.6. The summed E-state index contributed by atoms with van der Waals surface area (Å²) in [6.45, 7) is 4.82. The minimum atomic E-state index is -5.09. The van der Waals surface area contributed by atoms with Crippen LogP contribution < -0.4 is 4.90 Å². The van der Waals surface area contributed by atoms with Crippen molar-refractivity contribution in [1.29, 1.82) is 0 Å². The van der Waals surface area contributed by atoms with Gasteiger partial charge in [0.05, 0.1) is 5.56 Å². The molecule has 1 atom stereocenters. The van der Waals surface area contributed by atoms with E-state index in [1.54, 1.807) is 13.0 Å². The Balaban J connectivity index is 2.38. The first-order valence-corrected chi connectivity index (χ1v) is 10.6. The van der Waals surface area contributed by atoms with Crippen LogP contribution in [0, 0.1) is 0 Å². The zero-order valence-electron chi connectivity index (χ0n) is 17.8. The van der Waals surface area contributed by atoms with E-state index >= 15 is 0 Å². The minimum Gasteiger partial charge on any atom is -0.345 e. The Morgan fingerprint density at radius 3 is 2.39 bits per heavy atom. The van der Waals surface area contributed by atoms with Crippen LogP contribution in [-0.4, -0.2) is 34.8 Å². The molecule has 1 fully saturated rings. The quantitative estimate of drug-likeness (QED) is 0.255. The molecule has 1 saturated heterocycles. The van der Waals surface area contributed by atoms with Crippen molar-refractivity contribution in [3.8, 4) is 0 Å². The Morgan fingerprint density at radius 2 is 1.85 bits per heavy atom. The number of aromatic nitrogens is 1. The monoisotopic (exact) mass is 497 g/mol. The fraction of sp³-hybridized carbons (Fsp3) is 0.429. The largest absolute Gasteiger partial charge is 0.433 e. The fourth-order valence-electron chi connectivity index (χ4n) is 3.20. The van der Waals surface area contributed by atoms with E-state index in [1.165, 1.54) is 22.3 Å². The molecule has 1 aliphatic rings. The molecule has 0 radical (unpaired) electrons. The number of nitrogens with zero attached hydrogens (tertiary/aromatic N) is 3. The Kier molecular flexibility index (Phi) is 8.61. The van der Waals surface area contributed by atoms with Crippen LogP contribution in [-0.2, 0) is 17.1 Å². The van der Waals surface area contributed by atoms with Gasteiger partial charge in [-0.05, 0) is 62.4 Å². The van der Waals surface area contributed by atoms with E-state index in [0.717, 1.165) is 18.0 Å². The average Bonchev–Trinajstić information content (AvgIpc) is 2.74. The molecule has 0 spiro atoms. The molecular formula is C21H22F7N3OS. The predicted molar refractivity (Wildman–Crippen MR) is 113 cm³/mol. The normalized spacial score (nSPS) is 18.0. The number of halogens is 7. The lowest BCUT2D eigenvalue weighted by Gasteiger charge is -2.37. The molecule has 0 aromatic carbocycles. The predicted octanol–water partition coefficient (Wildman–Crippen LogP) is 6.53. The molecule has 1 aromatic heterocycles. The summed E-state index contributed by atoms with van der Waals surface area (Å²) < 4.78 is 93.6. The third-order valence-corrected chi connectivity index (χ3v) is 5.81. The highest BCUT2D eigenvalue weighted by Crippen LogP contribution is 2.38. The van der Waals surface area contributed by atoms with Crippen LogP contribution >= 0.6 is 11.9 Å². The van der Waals surface area contributed by atoms with E-state index in [1.807, 2.05) is 0 Å². The topological polar surface area (TPSA) is 36.4 Å². The minimum absolute atomic E-state index is 0.0460. The zero-order chi connectivity index (χ0) is 25.0. The highest BCUT2D eigenvalue weighted by atomic mass is 32.2. The van der Waals surface area contributed by atoms with Crippen molar-refractivity contribution in [3.63, 3.8) is 0 Å². The van der Waals surface area contributed by atoms with Gasteiger partial charge in [-0.15, -0.1) is 0 Å². The molecule has 1 amide bonds. The standard InChI is InChI=1S/C21H22F7N3OS/c1-4-15(9-8-13(2)22)33-30(3)19(32)16-7-5-6-10-31(16)18-12-14(20(23,24)25)11-17(29-18)21(26,27)28/h4,8-9,11-12,16H,2,5-7,10H2,1,3H3/b9-8-,15-4+. The van der Waals surface area contributed by atoms with Crippen LogP contribution in [0.3, 0.4) is 0 Å². The lowest BCUT2D eigenvalue weighted by molar-refractivity contribution is -0.145. The molecule has 1 aromatic rings. The average molecular weight is 497 g/mol. The number of carbonyl (C=O) groups excluding carboxylic acids is 1. The molecule has 0 aliphatic carbocycles. The van der Waals surface area contributed by atoms with Gasteiger partial charge in [-0.2, -0.15) is 26.3 Å². The molecule has 2 heterocycles. The van der Waals surface area contributed by atoms with Gasteiger partial charge in [0.15, 0.2) is 0 Å². The molecule has 33 heavy (non-hydrogen) atoms. The Bertz CT molecular complexity index is 909. The van der Waals surface area contributed by atoms with E-state index in [2.05, 4.69) is 11.6 Å². The van der Waals surface area contributed by atoms with E-state index in [4.69, 9.17) is 0 Å². The Hall–Kier alpha value is -2.50. The third-order valence-electron chi connectivity index (χ3n) is 4.78. The van der Waals surface area contributed by atoms with Gasteiger partial charge >= 0.3 is 12.4 Å². The smallest absolute Gasteiger partial charge is 0.345 e. The molecule has 4 nitrogen and oxygen atoms in total. The van der Waals surface area contributed by atoms with Gasteiger partial charge in [0.2, 0.25) is 0 Å². The van der Waals surface area contributed by atoms with Crippen molar-refractivity contribution in [2.24, 2.45) is 0 Å². The summed E-state index contributed by atoms with van der Waals surface area (Å²) in [7, 11) is 1.42. The van der Waals surface area contributed by atoms with Crippen LogP contribution in [0.15, 0.2) is 47.7 Å². The van der Waals surface area contributed by atoms with Crippen LogP contribution in [0.2, 0.25) is 0 Å². The van der Waals surface area contributed by atoms with Gasteiger partial charge in [-0.3, -0.25) is 9.10 Å². The highest BCUT2D eigenvalue weighted by Gasteiger charge is 2.40. The van der Waals surface area contributed by atoms with Crippen LogP contribution in [0.1, 0.15) is 37.4 Å². The number of hydrogen-bond acceptors (Lipinski definition) is 4. The third kappa shape index (κ3) is 7.24. The summed E-state index contributed by atoms with van der Waals surface area (Å²) in [5, 5.41) is 0. The number of allylic oxidation sites excluding steroid dienone is 4. The van der Waals surface area contributed by atoms with Gasteiger partial charge in [0.25, 0.3) is 5.91 Å². The summed E-state index contributed by atoms with van der Waals surface area (Å²) in [6.07, 6.45) is -4.76. The second-order valence-electron chi connectivity index (χ2n) is 7.20. The van der Waals surface area contributed by atoms with Gasteiger partial charge in [0, 0.05) is 18.5 Å². The number of alkyl halides is 6. The molecule has 2 rings (SSSR count). The van der Waals surface area contributed by atoms with E-state index in [0.29, 0.717) is 23.8 Å². The van der Waals surface area contributed by atoms with Crippen LogP contribution in [0.5, 0.6) is 0 Å². The molecule has 182 valence electrons. The van der Waals surface area contributed by atoms with Crippen molar-refractivity contribution < 1.29 is 35.5 Å². The van der Waals surface area contributed by atoms with Gasteiger partial charge in [0.1, 0.15) is 23.4 Å². The number of amides is 1. The van der Waals surface area contributed by atoms with Crippen molar-refractivity contribution in [2.75, 3.05) is 18.5 Å². The Morgan fingerprint density at radius 1 is 1.18 bits per heavy atom. The molecule has 1 unspecified atom stereocenters. The number of pyridine rings is 1. The zero-order valence-corrected chi connectivity index (χ0v) is 18.6. The molecule has 12 heteroatoms. The van der Waals surface area contributed by atoms with Gasteiger partial charge < -0.3 is 4.90 Å². The number of anilines is 1. The molecular weight excluding hydrogens is 475 g/mol. The number of likely N-dealkylation sites (N-methyl/N-ethyl adjacent to an activating group) is 1. The maximum atomic E-state index is 13.3. The molecule has 0 bridgehead atoms. The first-order chi connectivity index (χ1) is 15.2. The summed E-state index contributed by atoms with van der Waals surface area (Å²) in [5.74, 6) is -1.79. The number of carbonyl (C=O) groups is 1. The van der Waals surface area contributed by atoms with E-state index in [-0.39, 0.29) is 19.0 Å². The fourth-order valence-corrected chi connectivity index (χ4v) is 3.96. The first-order valence-electron chi connectivity index (χ1n) is 9.81. The first kappa shape index (κ1) is 26.7. The highest BCUT2D eigenvalue weighted by molar-refractivity contribution is 8.01. The summed E-state index contributed by atoms with van der Waals surface area (Å²) >= 11 is 0.944. The van der Waals surface area contributed by atoms with Crippen LogP contribution in [0.25, 0.3) is 0 Å². The summed E-state index contributed by atoms with van der Waals surface area (Å²) in [6, 6.07) is -0.525. The van der Waals surface area contributed by atoms with Gasteiger partial charge in [-0.25, -0.2) is 9.37 Å². The second-order valence-corrected chi connectivity index (χ2v) is 8.40. The van der Waals surface area contributed by atoms with Crippen molar-refractivity contribution in [2.45, 2.75) is 44.6 Å².